The third kappa shape index (κ3) is 2.57. The fraction of sp³-hybridized carbons (Fsp3) is 0.412. The highest BCUT2D eigenvalue weighted by Gasteiger charge is 2.28. The maximum absolute atomic E-state index is 11.8. The molecule has 3 nitrogen and oxygen atoms in total. The van der Waals surface area contributed by atoms with Crippen LogP contribution in [-0.4, -0.2) is 16.1 Å². The van der Waals surface area contributed by atoms with Gasteiger partial charge in [0.05, 0.1) is 11.1 Å². The lowest BCUT2D eigenvalue weighted by molar-refractivity contribution is 0.0696. The van der Waals surface area contributed by atoms with Gasteiger partial charge in [0.15, 0.2) is 0 Å². The molecule has 1 aromatic heterocycles. The van der Waals surface area contributed by atoms with Crippen LogP contribution in [0.4, 0.5) is 0 Å². The van der Waals surface area contributed by atoms with E-state index in [1.807, 2.05) is 18.2 Å². The Morgan fingerprint density at radius 1 is 1.43 bits per heavy atom. The van der Waals surface area contributed by atoms with E-state index in [9.17, 15) is 9.90 Å². The molecule has 0 spiro atoms. The van der Waals surface area contributed by atoms with Crippen molar-refractivity contribution in [1.82, 2.24) is 4.98 Å². The number of halogens is 1. The van der Waals surface area contributed by atoms with Crippen molar-refractivity contribution in [3.05, 3.63) is 39.5 Å². The number of rotatable bonds is 2. The Bertz CT molecular complexity index is 724. The lowest BCUT2D eigenvalue weighted by Crippen LogP contribution is -2.23. The molecule has 1 unspecified atom stereocenters. The summed E-state index contributed by atoms with van der Waals surface area (Å²) < 4.78 is 0.926. The fourth-order valence-corrected chi connectivity index (χ4v) is 3.60. The molecule has 1 aromatic carbocycles. The van der Waals surface area contributed by atoms with Gasteiger partial charge in [0.1, 0.15) is 0 Å². The lowest BCUT2D eigenvalue weighted by Gasteiger charge is -2.28. The maximum atomic E-state index is 11.8. The van der Waals surface area contributed by atoms with E-state index in [0.717, 1.165) is 45.9 Å². The van der Waals surface area contributed by atoms with Gasteiger partial charge in [-0.25, -0.2) is 4.79 Å². The number of aryl methyl sites for hydroxylation is 1. The summed E-state index contributed by atoms with van der Waals surface area (Å²) in [5, 5.41) is 10.4. The molecular weight excluding hydrogens is 330 g/mol. The Hall–Kier alpha value is -1.42. The van der Waals surface area contributed by atoms with Crippen LogP contribution < -0.4 is 0 Å². The number of carboxylic acid groups (broad SMARTS) is 1. The van der Waals surface area contributed by atoms with Gasteiger partial charge in [0.2, 0.25) is 0 Å². The second-order valence-electron chi connectivity index (χ2n) is 6.13. The Morgan fingerprint density at radius 3 is 2.86 bits per heavy atom. The van der Waals surface area contributed by atoms with Crippen molar-refractivity contribution >= 4 is 32.8 Å². The molecule has 21 heavy (non-hydrogen) atoms. The Kier molecular flexibility index (Phi) is 3.74. The molecule has 110 valence electrons. The van der Waals surface area contributed by atoms with Crippen molar-refractivity contribution in [2.24, 2.45) is 11.8 Å². The summed E-state index contributed by atoms with van der Waals surface area (Å²) in [7, 11) is 0. The van der Waals surface area contributed by atoms with Gasteiger partial charge in [-0.3, -0.25) is 4.98 Å². The third-order valence-electron chi connectivity index (χ3n) is 4.51. The van der Waals surface area contributed by atoms with Gasteiger partial charge in [-0.05, 0) is 48.8 Å². The Balaban J connectivity index is 2.25. The number of nitrogens with zero attached hydrogens (tertiary/aromatic N) is 1. The molecule has 0 saturated heterocycles. The number of pyridine rings is 1. The quantitative estimate of drug-likeness (QED) is 0.872. The van der Waals surface area contributed by atoms with E-state index in [0.29, 0.717) is 17.4 Å². The lowest BCUT2D eigenvalue weighted by atomic mass is 9.78. The molecule has 0 aliphatic heterocycles. The molecular formula is C17H18BrNO2. The number of benzene rings is 1. The molecule has 1 heterocycles. The fourth-order valence-electron chi connectivity index (χ4n) is 3.25. The minimum absolute atomic E-state index is 0.452. The van der Waals surface area contributed by atoms with Crippen molar-refractivity contribution in [2.75, 3.05) is 0 Å². The van der Waals surface area contributed by atoms with Crippen molar-refractivity contribution < 1.29 is 9.90 Å². The zero-order valence-electron chi connectivity index (χ0n) is 12.2. The number of hydrogen-bond donors (Lipinski definition) is 1. The van der Waals surface area contributed by atoms with E-state index < -0.39 is 5.97 Å². The van der Waals surface area contributed by atoms with Crippen LogP contribution in [0.5, 0.6) is 0 Å². The van der Waals surface area contributed by atoms with E-state index in [1.54, 1.807) is 0 Å². The van der Waals surface area contributed by atoms with Gasteiger partial charge in [-0.2, -0.15) is 0 Å². The Morgan fingerprint density at radius 2 is 2.19 bits per heavy atom. The first-order valence-electron chi connectivity index (χ1n) is 7.31. The van der Waals surface area contributed by atoms with Crippen LogP contribution in [-0.2, 0) is 12.8 Å². The summed E-state index contributed by atoms with van der Waals surface area (Å²) in [6.07, 6.45) is 2.80. The minimum Gasteiger partial charge on any atom is -0.478 e. The van der Waals surface area contributed by atoms with Gasteiger partial charge in [0, 0.05) is 15.6 Å². The predicted octanol–water partition coefficient (Wildman–Crippen LogP) is 4.46. The zero-order chi connectivity index (χ0) is 15.1. The summed E-state index contributed by atoms with van der Waals surface area (Å²) in [5.74, 6) is 0.274. The second-order valence-corrected chi connectivity index (χ2v) is 7.04. The Labute approximate surface area is 132 Å². The number of carboxylic acids is 1. The number of aromatic nitrogens is 1. The van der Waals surface area contributed by atoms with E-state index in [2.05, 4.69) is 29.8 Å². The van der Waals surface area contributed by atoms with Crippen LogP contribution in [0.2, 0.25) is 0 Å². The largest absolute Gasteiger partial charge is 0.478 e. The van der Waals surface area contributed by atoms with Crippen LogP contribution in [0, 0.1) is 11.8 Å². The van der Waals surface area contributed by atoms with Crippen molar-refractivity contribution in [2.45, 2.75) is 33.1 Å². The minimum atomic E-state index is -0.842. The van der Waals surface area contributed by atoms with Crippen molar-refractivity contribution in [3.63, 3.8) is 0 Å². The van der Waals surface area contributed by atoms with E-state index in [-0.39, 0.29) is 0 Å². The topological polar surface area (TPSA) is 50.2 Å². The molecule has 1 aliphatic carbocycles. The van der Waals surface area contributed by atoms with Gasteiger partial charge in [-0.1, -0.05) is 35.8 Å². The standard InChI is InChI=1S/C17H18BrNO2/c1-9(2)10-3-6-14-13(7-10)16(17(20)21)12-5-4-11(18)8-15(12)19-14/h4-5,8-10H,3,6-7H2,1-2H3,(H,20,21). The first-order valence-corrected chi connectivity index (χ1v) is 8.11. The van der Waals surface area contributed by atoms with Gasteiger partial charge < -0.3 is 5.11 Å². The molecule has 0 amide bonds. The van der Waals surface area contributed by atoms with Crippen molar-refractivity contribution in [1.29, 1.82) is 0 Å². The zero-order valence-corrected chi connectivity index (χ0v) is 13.8. The number of aromatic carboxylic acids is 1. The van der Waals surface area contributed by atoms with Crippen LogP contribution in [0.3, 0.4) is 0 Å². The highest BCUT2D eigenvalue weighted by Crippen LogP contribution is 2.35. The summed E-state index contributed by atoms with van der Waals surface area (Å²) >= 11 is 3.43. The van der Waals surface area contributed by atoms with Gasteiger partial charge in [0.25, 0.3) is 0 Å². The van der Waals surface area contributed by atoms with E-state index >= 15 is 0 Å². The monoisotopic (exact) mass is 347 g/mol. The smallest absolute Gasteiger partial charge is 0.336 e. The first kappa shape index (κ1) is 14.5. The second kappa shape index (κ2) is 5.41. The number of fused-ring (bicyclic) bond motifs is 2. The normalized spacial score (nSPS) is 18.0. The summed E-state index contributed by atoms with van der Waals surface area (Å²) in [5.41, 5.74) is 3.13. The molecule has 0 saturated carbocycles. The molecule has 2 aromatic rings. The number of carbonyl (C=O) groups is 1. The van der Waals surface area contributed by atoms with E-state index in [1.165, 1.54) is 0 Å². The van der Waals surface area contributed by atoms with Crippen LogP contribution in [0.25, 0.3) is 10.9 Å². The highest BCUT2D eigenvalue weighted by atomic mass is 79.9. The summed E-state index contributed by atoms with van der Waals surface area (Å²) in [4.78, 5) is 16.5. The number of hydrogen-bond acceptors (Lipinski definition) is 2. The molecule has 3 rings (SSSR count). The van der Waals surface area contributed by atoms with Gasteiger partial charge in [-0.15, -0.1) is 0 Å². The average molecular weight is 348 g/mol. The van der Waals surface area contributed by atoms with Crippen molar-refractivity contribution in [3.8, 4) is 0 Å². The molecule has 0 radical (unpaired) electrons. The third-order valence-corrected chi connectivity index (χ3v) is 5.00. The molecule has 1 aliphatic rings. The van der Waals surface area contributed by atoms with Crippen LogP contribution in [0.15, 0.2) is 22.7 Å². The predicted molar refractivity (Wildman–Crippen MR) is 86.8 cm³/mol. The molecule has 0 fully saturated rings. The molecule has 4 heteroatoms. The summed E-state index contributed by atoms with van der Waals surface area (Å²) in [6.45, 7) is 4.42. The first-order chi connectivity index (χ1) is 9.97. The van der Waals surface area contributed by atoms with Crippen LogP contribution >= 0.6 is 15.9 Å². The maximum Gasteiger partial charge on any atom is 0.336 e. The summed E-state index contributed by atoms with van der Waals surface area (Å²) in [6, 6.07) is 5.64. The highest BCUT2D eigenvalue weighted by molar-refractivity contribution is 9.10. The van der Waals surface area contributed by atoms with E-state index in [4.69, 9.17) is 4.98 Å². The molecule has 0 bridgehead atoms. The van der Waals surface area contributed by atoms with Crippen LogP contribution in [0.1, 0.15) is 41.9 Å². The SMILES string of the molecule is CC(C)C1CCc2nc3cc(Br)ccc3c(C(=O)O)c2C1. The molecule has 1 atom stereocenters. The average Bonchev–Trinajstić information content (AvgIpc) is 2.43. The molecule has 1 N–H and O–H groups in total. The van der Waals surface area contributed by atoms with Gasteiger partial charge >= 0.3 is 5.97 Å².